The minimum atomic E-state index is 0.613. The molecule has 2 heteroatoms. The third-order valence-electron chi connectivity index (χ3n) is 2.98. The van der Waals surface area contributed by atoms with Crippen molar-refractivity contribution in [3.63, 3.8) is 0 Å². The average molecular weight is 296 g/mol. The van der Waals surface area contributed by atoms with Crippen LogP contribution in [0, 0.1) is 0 Å². The zero-order valence-corrected chi connectivity index (χ0v) is 15.7. The second-order valence-electron chi connectivity index (χ2n) is 4.13. The van der Waals surface area contributed by atoms with Crippen LogP contribution in [0.1, 0.15) is 67.4 Å². The Bertz CT molecular complexity index is 323. The van der Waals surface area contributed by atoms with Crippen molar-refractivity contribution in [3.05, 3.63) is 29.8 Å². The summed E-state index contributed by atoms with van der Waals surface area (Å²) in [6.07, 6.45) is 3.05. The highest BCUT2D eigenvalue weighted by Gasteiger charge is 2.07. The standard InChI is InChI=1S/C13H21N.C2H4O.2C2H6/c1-5-11(3)14(4)13-9-7-8-12(6-2)10-13;1-2-3;2*1-2/h7-11H,5-6H2,1-4H3;2H,1H3;2*1-2H3. The molecule has 0 aromatic heterocycles. The SMILES string of the molecule is CC.CC.CC=O.CCc1cccc(N(C)C(C)CC)c1. The molecule has 0 aliphatic heterocycles. The molecule has 0 aliphatic rings. The molecular weight excluding hydrogens is 258 g/mol. The molecule has 0 radical (unpaired) electrons. The lowest BCUT2D eigenvalue weighted by Crippen LogP contribution is -2.27. The van der Waals surface area contributed by atoms with Gasteiger partial charge in [-0.2, -0.15) is 0 Å². The second-order valence-corrected chi connectivity index (χ2v) is 4.13. The molecule has 0 saturated heterocycles. The van der Waals surface area contributed by atoms with Crippen LogP contribution in [-0.4, -0.2) is 19.4 Å². The van der Waals surface area contributed by atoms with Crippen LogP contribution in [-0.2, 0) is 11.2 Å². The van der Waals surface area contributed by atoms with E-state index < -0.39 is 0 Å². The lowest BCUT2D eigenvalue weighted by Gasteiger charge is -2.26. The molecule has 124 valence electrons. The number of benzene rings is 1. The molecule has 1 aromatic carbocycles. The Hall–Kier alpha value is -1.31. The van der Waals surface area contributed by atoms with Gasteiger partial charge in [-0.15, -0.1) is 0 Å². The van der Waals surface area contributed by atoms with E-state index >= 15 is 0 Å². The van der Waals surface area contributed by atoms with Crippen LogP contribution >= 0.6 is 0 Å². The van der Waals surface area contributed by atoms with Crippen molar-refractivity contribution in [2.24, 2.45) is 0 Å². The number of carbonyl (C=O) groups is 1. The number of hydrogen-bond donors (Lipinski definition) is 0. The van der Waals surface area contributed by atoms with Gasteiger partial charge in [0.1, 0.15) is 6.29 Å². The first-order chi connectivity index (χ1) is 10.1. The Morgan fingerprint density at radius 2 is 1.62 bits per heavy atom. The van der Waals surface area contributed by atoms with Crippen molar-refractivity contribution >= 4 is 12.0 Å². The molecule has 0 fully saturated rings. The third-order valence-corrected chi connectivity index (χ3v) is 2.98. The topological polar surface area (TPSA) is 20.3 Å². The number of hydrogen-bond acceptors (Lipinski definition) is 2. The summed E-state index contributed by atoms with van der Waals surface area (Å²) in [4.78, 5) is 11.2. The number of aryl methyl sites for hydroxylation is 1. The van der Waals surface area contributed by atoms with Crippen LogP contribution in [0.25, 0.3) is 0 Å². The number of nitrogens with zero attached hydrogens (tertiary/aromatic N) is 1. The molecule has 1 aromatic rings. The third kappa shape index (κ3) is 12.2. The van der Waals surface area contributed by atoms with Gasteiger partial charge in [-0.3, -0.25) is 0 Å². The lowest BCUT2D eigenvalue weighted by atomic mass is 10.1. The molecule has 0 amide bonds. The van der Waals surface area contributed by atoms with Crippen molar-refractivity contribution in [2.45, 2.75) is 74.3 Å². The van der Waals surface area contributed by atoms with E-state index in [0.29, 0.717) is 6.04 Å². The Balaban J connectivity index is -0.000000399. The predicted octanol–water partition coefficient (Wildman–Crippen LogP) is 5.74. The Morgan fingerprint density at radius 3 is 2.00 bits per heavy atom. The van der Waals surface area contributed by atoms with Crippen LogP contribution in [0.4, 0.5) is 5.69 Å². The highest BCUT2D eigenvalue weighted by Crippen LogP contribution is 2.18. The molecule has 21 heavy (non-hydrogen) atoms. The molecule has 0 spiro atoms. The van der Waals surface area contributed by atoms with Gasteiger partial charge in [-0.1, -0.05) is 53.7 Å². The summed E-state index contributed by atoms with van der Waals surface area (Å²) in [5, 5.41) is 0. The fourth-order valence-corrected chi connectivity index (χ4v) is 1.52. The molecule has 2 nitrogen and oxygen atoms in total. The van der Waals surface area contributed by atoms with E-state index in [4.69, 9.17) is 4.79 Å². The fraction of sp³-hybridized carbons (Fsp3) is 0.632. The molecule has 1 rings (SSSR count). The van der Waals surface area contributed by atoms with Crippen LogP contribution in [0.15, 0.2) is 24.3 Å². The minimum absolute atomic E-state index is 0.613. The van der Waals surface area contributed by atoms with Gasteiger partial charge in [-0.05, 0) is 44.4 Å². The zero-order chi connectivity index (χ0) is 17.3. The first-order valence-electron chi connectivity index (χ1n) is 8.32. The Morgan fingerprint density at radius 1 is 1.14 bits per heavy atom. The van der Waals surface area contributed by atoms with E-state index in [9.17, 15) is 0 Å². The highest BCUT2D eigenvalue weighted by molar-refractivity contribution is 5.48. The van der Waals surface area contributed by atoms with Gasteiger partial charge in [0.05, 0.1) is 0 Å². The first-order valence-corrected chi connectivity index (χ1v) is 8.32. The second kappa shape index (κ2) is 18.7. The Labute approximate surface area is 133 Å². The number of rotatable bonds is 4. The van der Waals surface area contributed by atoms with E-state index in [1.165, 1.54) is 24.6 Å². The summed E-state index contributed by atoms with van der Waals surface area (Å²) >= 11 is 0. The largest absolute Gasteiger partial charge is 0.372 e. The van der Waals surface area contributed by atoms with Crippen LogP contribution in [0.3, 0.4) is 0 Å². The van der Waals surface area contributed by atoms with E-state index in [-0.39, 0.29) is 0 Å². The van der Waals surface area contributed by atoms with Gasteiger partial charge in [0, 0.05) is 18.8 Å². The van der Waals surface area contributed by atoms with Gasteiger partial charge < -0.3 is 9.69 Å². The maximum absolute atomic E-state index is 8.81. The first kappa shape index (κ1) is 24.7. The lowest BCUT2D eigenvalue weighted by molar-refractivity contribution is -0.106. The van der Waals surface area contributed by atoms with Gasteiger partial charge in [0.2, 0.25) is 0 Å². The quantitative estimate of drug-likeness (QED) is 0.660. The maximum Gasteiger partial charge on any atom is 0.116 e. The fourth-order valence-electron chi connectivity index (χ4n) is 1.52. The molecule has 0 N–H and O–H groups in total. The predicted molar refractivity (Wildman–Crippen MR) is 98.4 cm³/mol. The summed E-state index contributed by atoms with van der Waals surface area (Å²) in [7, 11) is 2.17. The maximum atomic E-state index is 8.81. The number of aldehydes is 1. The summed E-state index contributed by atoms with van der Waals surface area (Å²) in [5.41, 5.74) is 2.75. The van der Waals surface area contributed by atoms with Crippen molar-refractivity contribution < 1.29 is 4.79 Å². The van der Waals surface area contributed by atoms with E-state index in [1.54, 1.807) is 0 Å². The summed E-state index contributed by atoms with van der Waals surface area (Å²) < 4.78 is 0. The molecule has 1 atom stereocenters. The number of carbonyl (C=O) groups excluding carboxylic acids is 1. The molecule has 1 unspecified atom stereocenters. The van der Waals surface area contributed by atoms with Crippen molar-refractivity contribution in [1.82, 2.24) is 0 Å². The van der Waals surface area contributed by atoms with E-state index in [1.807, 2.05) is 27.7 Å². The average Bonchev–Trinajstić information content (AvgIpc) is 2.57. The minimum Gasteiger partial charge on any atom is -0.372 e. The Kier molecular flexibility index (Phi) is 22.0. The van der Waals surface area contributed by atoms with Crippen molar-refractivity contribution in [1.29, 1.82) is 0 Å². The smallest absolute Gasteiger partial charge is 0.116 e. The van der Waals surface area contributed by atoms with Gasteiger partial charge >= 0.3 is 0 Å². The molecule has 0 bridgehead atoms. The summed E-state index contributed by atoms with van der Waals surface area (Å²) in [6, 6.07) is 9.42. The van der Waals surface area contributed by atoms with Crippen LogP contribution < -0.4 is 4.90 Å². The molecule has 0 heterocycles. The van der Waals surface area contributed by atoms with Crippen molar-refractivity contribution in [2.75, 3.05) is 11.9 Å². The molecule has 0 saturated carbocycles. The molecular formula is C19H37NO. The highest BCUT2D eigenvalue weighted by atomic mass is 16.1. The van der Waals surface area contributed by atoms with Gasteiger partial charge in [0.25, 0.3) is 0 Å². The van der Waals surface area contributed by atoms with Crippen LogP contribution in [0.2, 0.25) is 0 Å². The molecule has 0 aliphatic carbocycles. The monoisotopic (exact) mass is 295 g/mol. The zero-order valence-electron chi connectivity index (χ0n) is 15.7. The summed E-state index contributed by atoms with van der Waals surface area (Å²) in [5.74, 6) is 0. The van der Waals surface area contributed by atoms with E-state index in [2.05, 4.69) is 57.0 Å². The summed E-state index contributed by atoms with van der Waals surface area (Å²) in [6.45, 7) is 16.1. The normalized spacial score (nSPS) is 9.57. The van der Waals surface area contributed by atoms with Crippen LogP contribution in [0.5, 0.6) is 0 Å². The van der Waals surface area contributed by atoms with Gasteiger partial charge in [0.15, 0.2) is 0 Å². The number of anilines is 1. The van der Waals surface area contributed by atoms with Crippen molar-refractivity contribution in [3.8, 4) is 0 Å². The van der Waals surface area contributed by atoms with E-state index in [0.717, 1.165) is 12.7 Å². The van der Waals surface area contributed by atoms with Gasteiger partial charge in [-0.25, -0.2) is 0 Å².